The molecule has 0 radical (unpaired) electrons. The number of hydrogen-bond acceptors (Lipinski definition) is 2. The fraction of sp³-hybridized carbons (Fsp3) is 0.500. The molecule has 0 atom stereocenters. The Hall–Kier alpha value is -0.890. The maximum absolute atomic E-state index is 6.19. The molecule has 0 bridgehead atoms. The van der Waals surface area contributed by atoms with Crippen LogP contribution >= 0.6 is 11.6 Å². The number of para-hydroxylation sites is 1. The van der Waals surface area contributed by atoms with Crippen molar-refractivity contribution in [3.63, 3.8) is 0 Å². The van der Waals surface area contributed by atoms with E-state index in [2.05, 4.69) is 11.8 Å². The summed E-state index contributed by atoms with van der Waals surface area (Å²) in [4.78, 5) is 2.29. The highest BCUT2D eigenvalue weighted by molar-refractivity contribution is 6.34. The average molecular weight is 225 g/mol. The maximum atomic E-state index is 6.19. The zero-order valence-electron chi connectivity index (χ0n) is 9.04. The van der Waals surface area contributed by atoms with Crippen molar-refractivity contribution in [2.45, 2.75) is 19.8 Å². The molecule has 1 aliphatic carbocycles. The lowest BCUT2D eigenvalue weighted by Crippen LogP contribution is -2.26. The monoisotopic (exact) mass is 224 g/mol. The third-order valence-electron chi connectivity index (χ3n) is 2.89. The molecule has 82 valence electrons. The Morgan fingerprint density at radius 2 is 2.20 bits per heavy atom. The minimum atomic E-state index is 0.762. The first kappa shape index (κ1) is 10.6. The molecule has 0 unspecified atom stereocenters. The zero-order valence-corrected chi connectivity index (χ0v) is 9.80. The molecule has 0 spiro atoms. The van der Waals surface area contributed by atoms with E-state index in [1.54, 1.807) is 0 Å². The van der Waals surface area contributed by atoms with Crippen LogP contribution in [0.1, 0.15) is 19.8 Å². The molecule has 15 heavy (non-hydrogen) atoms. The van der Waals surface area contributed by atoms with Crippen molar-refractivity contribution in [1.29, 1.82) is 0 Å². The van der Waals surface area contributed by atoms with Crippen molar-refractivity contribution in [2.24, 2.45) is 5.92 Å². The number of nitrogen functional groups attached to an aromatic ring is 1. The van der Waals surface area contributed by atoms with Gasteiger partial charge in [-0.2, -0.15) is 0 Å². The highest BCUT2D eigenvalue weighted by atomic mass is 35.5. The van der Waals surface area contributed by atoms with Gasteiger partial charge in [-0.15, -0.1) is 0 Å². The van der Waals surface area contributed by atoms with Gasteiger partial charge in [0.2, 0.25) is 0 Å². The second kappa shape index (κ2) is 4.31. The van der Waals surface area contributed by atoms with Crippen LogP contribution in [-0.2, 0) is 0 Å². The maximum Gasteiger partial charge on any atom is 0.0789 e. The van der Waals surface area contributed by atoms with Gasteiger partial charge >= 0.3 is 0 Å². The first-order chi connectivity index (χ1) is 7.22. The van der Waals surface area contributed by atoms with Gasteiger partial charge in [0.25, 0.3) is 0 Å². The number of rotatable bonds is 4. The number of nitrogens with zero attached hydrogens (tertiary/aromatic N) is 1. The van der Waals surface area contributed by atoms with Gasteiger partial charge in [-0.25, -0.2) is 0 Å². The summed E-state index contributed by atoms with van der Waals surface area (Å²) in [5, 5.41) is 0.762. The second-order valence-electron chi connectivity index (χ2n) is 4.16. The van der Waals surface area contributed by atoms with E-state index in [9.17, 15) is 0 Å². The predicted octanol–water partition coefficient (Wildman–Crippen LogP) is 3.16. The van der Waals surface area contributed by atoms with E-state index in [1.807, 2.05) is 18.2 Å². The van der Waals surface area contributed by atoms with E-state index in [4.69, 9.17) is 17.3 Å². The summed E-state index contributed by atoms with van der Waals surface area (Å²) in [6, 6.07) is 5.71. The van der Waals surface area contributed by atoms with Crippen molar-refractivity contribution in [3.8, 4) is 0 Å². The summed E-state index contributed by atoms with van der Waals surface area (Å²) in [5.74, 6) is 0.848. The van der Waals surface area contributed by atoms with Crippen molar-refractivity contribution in [3.05, 3.63) is 23.2 Å². The minimum absolute atomic E-state index is 0.762. The molecule has 0 aliphatic heterocycles. The Labute approximate surface area is 96.0 Å². The second-order valence-corrected chi connectivity index (χ2v) is 4.57. The van der Waals surface area contributed by atoms with Crippen molar-refractivity contribution < 1.29 is 0 Å². The van der Waals surface area contributed by atoms with E-state index < -0.39 is 0 Å². The topological polar surface area (TPSA) is 29.3 Å². The number of benzene rings is 1. The van der Waals surface area contributed by atoms with E-state index in [-0.39, 0.29) is 0 Å². The molecule has 1 aromatic carbocycles. The van der Waals surface area contributed by atoms with Gasteiger partial charge in [0.15, 0.2) is 0 Å². The van der Waals surface area contributed by atoms with E-state index in [0.29, 0.717) is 0 Å². The lowest BCUT2D eigenvalue weighted by Gasteiger charge is -2.25. The molecular formula is C12H17ClN2. The number of hydrogen-bond donors (Lipinski definition) is 1. The van der Waals surface area contributed by atoms with Crippen LogP contribution in [0, 0.1) is 5.92 Å². The van der Waals surface area contributed by atoms with Gasteiger partial charge in [0, 0.05) is 13.1 Å². The molecule has 0 amide bonds. The number of anilines is 2. The summed E-state index contributed by atoms with van der Waals surface area (Å²) >= 11 is 6.19. The van der Waals surface area contributed by atoms with Gasteiger partial charge in [-0.3, -0.25) is 0 Å². The van der Waals surface area contributed by atoms with Gasteiger partial charge in [0.1, 0.15) is 0 Å². The Morgan fingerprint density at radius 1 is 1.47 bits per heavy atom. The van der Waals surface area contributed by atoms with Crippen LogP contribution in [0.3, 0.4) is 0 Å². The Morgan fingerprint density at radius 3 is 2.73 bits per heavy atom. The molecule has 3 heteroatoms. The van der Waals surface area contributed by atoms with E-state index in [1.165, 1.54) is 12.8 Å². The summed E-state index contributed by atoms with van der Waals surface area (Å²) in [5.41, 5.74) is 7.76. The van der Waals surface area contributed by atoms with Crippen molar-refractivity contribution in [2.75, 3.05) is 23.7 Å². The molecule has 1 aliphatic rings. The molecule has 2 N–H and O–H groups in total. The first-order valence-corrected chi connectivity index (χ1v) is 5.89. The molecule has 1 aromatic rings. The molecule has 1 saturated carbocycles. The SMILES string of the molecule is CCN(CC1CC1)c1c(N)cccc1Cl. The highest BCUT2D eigenvalue weighted by Crippen LogP contribution is 2.36. The van der Waals surface area contributed by atoms with Crippen LogP contribution in [0.25, 0.3) is 0 Å². The van der Waals surface area contributed by atoms with Crippen LogP contribution in [0.2, 0.25) is 5.02 Å². The predicted molar refractivity (Wildman–Crippen MR) is 66.5 cm³/mol. The fourth-order valence-corrected chi connectivity index (χ4v) is 2.16. The largest absolute Gasteiger partial charge is 0.397 e. The Bertz CT molecular complexity index is 327. The van der Waals surface area contributed by atoms with Crippen molar-refractivity contribution >= 4 is 23.0 Å². The smallest absolute Gasteiger partial charge is 0.0789 e. The molecule has 2 rings (SSSR count). The summed E-state index contributed by atoms with van der Waals surface area (Å²) < 4.78 is 0. The first-order valence-electron chi connectivity index (χ1n) is 5.51. The lowest BCUT2D eigenvalue weighted by molar-refractivity contribution is 0.743. The van der Waals surface area contributed by atoms with Gasteiger partial charge in [-0.05, 0) is 37.8 Å². The normalized spacial score (nSPS) is 15.3. The van der Waals surface area contributed by atoms with Crippen LogP contribution in [0.5, 0.6) is 0 Å². The molecule has 0 saturated heterocycles. The van der Waals surface area contributed by atoms with Gasteiger partial charge in [-0.1, -0.05) is 17.7 Å². The van der Waals surface area contributed by atoms with Crippen LogP contribution in [0.15, 0.2) is 18.2 Å². The third kappa shape index (κ3) is 2.37. The summed E-state index contributed by atoms with van der Waals surface area (Å²) in [6.45, 7) is 4.19. The quantitative estimate of drug-likeness (QED) is 0.797. The standard InChI is InChI=1S/C12H17ClN2/c1-2-15(8-9-6-7-9)12-10(13)4-3-5-11(12)14/h3-5,9H,2,6-8,14H2,1H3. The highest BCUT2D eigenvalue weighted by Gasteiger charge is 2.25. The molecule has 0 heterocycles. The van der Waals surface area contributed by atoms with Crippen molar-refractivity contribution in [1.82, 2.24) is 0 Å². The minimum Gasteiger partial charge on any atom is -0.397 e. The number of nitrogens with two attached hydrogens (primary N) is 1. The Kier molecular flexibility index (Phi) is 3.06. The third-order valence-corrected chi connectivity index (χ3v) is 3.20. The Balaban J connectivity index is 2.23. The molecule has 2 nitrogen and oxygen atoms in total. The van der Waals surface area contributed by atoms with Crippen LogP contribution < -0.4 is 10.6 Å². The van der Waals surface area contributed by atoms with E-state index in [0.717, 1.165) is 35.4 Å². The van der Waals surface area contributed by atoms with Gasteiger partial charge in [0.05, 0.1) is 16.4 Å². The van der Waals surface area contributed by atoms with Crippen LogP contribution in [0.4, 0.5) is 11.4 Å². The number of halogens is 1. The van der Waals surface area contributed by atoms with E-state index >= 15 is 0 Å². The molecular weight excluding hydrogens is 208 g/mol. The molecule has 1 fully saturated rings. The fourth-order valence-electron chi connectivity index (χ4n) is 1.86. The summed E-state index contributed by atoms with van der Waals surface area (Å²) in [6.07, 6.45) is 2.70. The lowest BCUT2D eigenvalue weighted by atomic mass is 10.2. The molecule has 0 aromatic heterocycles. The van der Waals surface area contributed by atoms with Gasteiger partial charge < -0.3 is 10.6 Å². The summed E-state index contributed by atoms with van der Waals surface area (Å²) in [7, 11) is 0. The zero-order chi connectivity index (χ0) is 10.8. The average Bonchev–Trinajstić information content (AvgIpc) is 2.99. The van der Waals surface area contributed by atoms with Crippen LogP contribution in [-0.4, -0.2) is 13.1 Å².